The highest BCUT2D eigenvalue weighted by molar-refractivity contribution is 7.60. The average molecular weight is 324 g/mol. The smallest absolute Gasteiger partial charge is 0.359 e. The van der Waals surface area contributed by atoms with Crippen LogP contribution in [-0.2, 0) is 4.57 Å². The maximum Gasteiger partial charge on any atom is 0.359 e. The van der Waals surface area contributed by atoms with Gasteiger partial charge >= 0.3 is 13.6 Å². The van der Waals surface area contributed by atoms with Gasteiger partial charge in [-0.05, 0) is 30.3 Å². The molecular weight excluding hydrogens is 313 g/mol. The number of ether oxygens (including phenoxy) is 1. The van der Waals surface area contributed by atoms with Crippen LogP contribution in [0.4, 0.5) is 5.69 Å². The molecule has 2 rings (SSSR count). The van der Waals surface area contributed by atoms with E-state index in [2.05, 4.69) is 0 Å². The number of hydrogen-bond acceptors (Lipinski definition) is 6. The number of para-hydroxylation sites is 1. The lowest BCUT2D eigenvalue weighted by molar-refractivity contribution is 0.0736. The lowest BCUT2D eigenvalue weighted by atomic mass is 10.2. The van der Waals surface area contributed by atoms with E-state index in [4.69, 9.17) is 9.94 Å². The summed E-state index contributed by atoms with van der Waals surface area (Å²) < 4.78 is 16.3. The van der Waals surface area contributed by atoms with Gasteiger partial charge in [-0.25, -0.2) is 4.79 Å². The van der Waals surface area contributed by atoms with E-state index in [1.165, 1.54) is 36.4 Å². The Kier molecular flexibility index (Phi) is 4.60. The first-order valence-electron chi connectivity index (χ1n) is 5.92. The molecule has 8 nitrogen and oxygen atoms in total. The van der Waals surface area contributed by atoms with Crippen molar-refractivity contribution in [3.05, 3.63) is 59.3 Å². The third-order valence-electron chi connectivity index (χ3n) is 2.68. The van der Waals surface area contributed by atoms with Gasteiger partial charge in [0.2, 0.25) is 0 Å². The Morgan fingerprint density at radius 3 is 2.45 bits per heavy atom. The molecule has 0 radical (unpaired) electrons. The Hall–Kier alpha value is -2.22. The van der Waals surface area contributed by atoms with E-state index in [1.54, 1.807) is 0 Å². The summed E-state index contributed by atoms with van der Waals surface area (Å²) in [7, 11) is -4.60. The van der Waals surface area contributed by atoms with Gasteiger partial charge in [-0.2, -0.15) is 0 Å². The molecule has 0 aliphatic rings. The molecule has 0 heterocycles. The highest BCUT2D eigenvalue weighted by Crippen LogP contribution is 2.37. The summed E-state index contributed by atoms with van der Waals surface area (Å²) in [6.07, 6.45) is 0. The Morgan fingerprint density at radius 2 is 1.82 bits per heavy atom. The SMILES string of the molecule is O=C(Oc1ccccc1P(=O)(O)O)c1cccc(N([O-])O)c1. The number of carbonyl (C=O) groups is 1. The minimum atomic E-state index is -4.60. The molecule has 0 unspecified atom stereocenters. The largest absolute Gasteiger partial charge is 0.733 e. The van der Waals surface area contributed by atoms with Gasteiger partial charge in [-0.1, -0.05) is 18.2 Å². The summed E-state index contributed by atoms with van der Waals surface area (Å²) in [5, 5.41) is 18.7. The standard InChI is InChI=1S/C13H11NO7P/c15-13(9-4-3-5-10(8-9)14(16)17)21-11-6-1-2-7-12(11)22(18,19)20/h1-8,16H,(H2,18,19,20)/q-1. The maximum absolute atomic E-state index is 12.0. The summed E-state index contributed by atoms with van der Waals surface area (Å²) in [6.45, 7) is 0. The zero-order valence-electron chi connectivity index (χ0n) is 11.0. The second-order valence-electron chi connectivity index (χ2n) is 4.22. The van der Waals surface area contributed by atoms with E-state index in [9.17, 15) is 24.4 Å². The fourth-order valence-corrected chi connectivity index (χ4v) is 2.38. The van der Waals surface area contributed by atoms with Gasteiger partial charge in [0.05, 0.1) is 11.3 Å². The van der Waals surface area contributed by atoms with Crippen LogP contribution in [0.3, 0.4) is 0 Å². The van der Waals surface area contributed by atoms with Gasteiger partial charge in [-0.3, -0.25) is 9.77 Å². The number of esters is 1. The first kappa shape index (κ1) is 16.2. The van der Waals surface area contributed by atoms with E-state index < -0.39 is 24.1 Å². The molecule has 116 valence electrons. The van der Waals surface area contributed by atoms with Crippen molar-refractivity contribution in [2.75, 3.05) is 5.23 Å². The predicted molar refractivity (Wildman–Crippen MR) is 77.2 cm³/mol. The van der Waals surface area contributed by atoms with Crippen molar-refractivity contribution in [2.45, 2.75) is 0 Å². The lowest BCUT2D eigenvalue weighted by Gasteiger charge is -2.21. The van der Waals surface area contributed by atoms with Crippen LogP contribution in [0.15, 0.2) is 48.5 Å². The van der Waals surface area contributed by atoms with E-state index in [1.807, 2.05) is 0 Å². The number of hydrogen-bond donors (Lipinski definition) is 3. The van der Waals surface area contributed by atoms with E-state index >= 15 is 0 Å². The maximum atomic E-state index is 12.0. The van der Waals surface area contributed by atoms with Crippen LogP contribution in [-0.4, -0.2) is 21.0 Å². The molecule has 0 aliphatic heterocycles. The van der Waals surface area contributed by atoms with Crippen LogP contribution in [0.25, 0.3) is 0 Å². The van der Waals surface area contributed by atoms with E-state index in [-0.39, 0.29) is 17.0 Å². The van der Waals surface area contributed by atoms with Crippen LogP contribution in [0.2, 0.25) is 0 Å². The van der Waals surface area contributed by atoms with Gasteiger partial charge in [0.25, 0.3) is 0 Å². The fraction of sp³-hybridized carbons (Fsp3) is 0. The molecule has 0 amide bonds. The molecule has 0 aromatic heterocycles. The molecule has 22 heavy (non-hydrogen) atoms. The summed E-state index contributed by atoms with van der Waals surface area (Å²) >= 11 is 0. The molecule has 2 aromatic rings. The summed E-state index contributed by atoms with van der Waals surface area (Å²) in [6, 6.07) is 10.3. The number of carbonyl (C=O) groups excluding carboxylic acids is 1. The van der Waals surface area contributed by atoms with Crippen molar-refractivity contribution in [3.63, 3.8) is 0 Å². The molecule has 9 heteroatoms. The minimum Gasteiger partial charge on any atom is -0.733 e. The number of nitrogens with zero attached hydrogens (tertiary/aromatic N) is 1. The van der Waals surface area contributed by atoms with Gasteiger partial charge in [-0.15, -0.1) is 0 Å². The zero-order chi connectivity index (χ0) is 16.3. The number of rotatable bonds is 4. The van der Waals surface area contributed by atoms with Gasteiger partial charge in [0, 0.05) is 0 Å². The first-order valence-corrected chi connectivity index (χ1v) is 7.54. The molecule has 0 saturated heterocycles. The Labute approximate surface area is 124 Å². The molecule has 0 bridgehead atoms. The quantitative estimate of drug-likeness (QED) is 0.333. The van der Waals surface area contributed by atoms with Crippen molar-refractivity contribution in [2.24, 2.45) is 0 Å². The first-order chi connectivity index (χ1) is 10.3. The Morgan fingerprint density at radius 1 is 1.14 bits per heavy atom. The molecule has 0 atom stereocenters. The molecular formula is C13H11NO7P-. The van der Waals surface area contributed by atoms with Gasteiger partial charge in [0.15, 0.2) is 0 Å². The van der Waals surface area contributed by atoms with Gasteiger partial charge < -0.3 is 25.0 Å². The predicted octanol–water partition coefficient (Wildman–Crippen LogP) is 1.40. The molecule has 3 N–H and O–H groups in total. The van der Waals surface area contributed by atoms with E-state index in [0.717, 1.165) is 12.1 Å². The van der Waals surface area contributed by atoms with Crippen molar-refractivity contribution in [1.82, 2.24) is 0 Å². The van der Waals surface area contributed by atoms with Crippen LogP contribution >= 0.6 is 7.60 Å². The monoisotopic (exact) mass is 324 g/mol. The summed E-state index contributed by atoms with van der Waals surface area (Å²) in [5.74, 6) is -1.21. The normalized spacial score (nSPS) is 11.1. The van der Waals surface area contributed by atoms with Crippen LogP contribution in [0.5, 0.6) is 5.75 Å². The van der Waals surface area contributed by atoms with Crippen molar-refractivity contribution >= 4 is 24.6 Å². The van der Waals surface area contributed by atoms with Crippen LogP contribution in [0.1, 0.15) is 10.4 Å². The van der Waals surface area contributed by atoms with Crippen LogP contribution in [0, 0.1) is 5.21 Å². The average Bonchev–Trinajstić information content (AvgIpc) is 2.46. The third-order valence-corrected chi connectivity index (χ3v) is 3.68. The van der Waals surface area contributed by atoms with Crippen molar-refractivity contribution in [3.8, 4) is 5.75 Å². The Balaban J connectivity index is 2.30. The lowest BCUT2D eigenvalue weighted by Crippen LogP contribution is -2.16. The second-order valence-corrected chi connectivity index (χ2v) is 5.79. The second kappa shape index (κ2) is 6.27. The highest BCUT2D eigenvalue weighted by atomic mass is 31.2. The molecule has 2 aromatic carbocycles. The third kappa shape index (κ3) is 3.70. The molecule has 0 saturated carbocycles. The Bertz CT molecular complexity index is 741. The van der Waals surface area contributed by atoms with Gasteiger partial charge in [0.1, 0.15) is 11.1 Å². The zero-order valence-corrected chi connectivity index (χ0v) is 11.9. The highest BCUT2D eigenvalue weighted by Gasteiger charge is 2.23. The molecule has 0 fully saturated rings. The van der Waals surface area contributed by atoms with Crippen molar-refractivity contribution in [1.29, 1.82) is 0 Å². The molecule has 0 aliphatic carbocycles. The number of benzene rings is 2. The van der Waals surface area contributed by atoms with E-state index in [0.29, 0.717) is 0 Å². The summed E-state index contributed by atoms with van der Waals surface area (Å²) in [5.41, 5.74) is -0.245. The minimum absolute atomic E-state index is 0.0621. The molecule has 0 spiro atoms. The summed E-state index contributed by atoms with van der Waals surface area (Å²) in [4.78, 5) is 30.4. The topological polar surface area (TPSA) is 130 Å². The number of anilines is 1. The van der Waals surface area contributed by atoms with Crippen LogP contribution < -0.4 is 15.3 Å². The van der Waals surface area contributed by atoms with Crippen molar-refractivity contribution < 1.29 is 29.1 Å². The fourth-order valence-electron chi connectivity index (χ4n) is 1.69.